The predicted octanol–water partition coefficient (Wildman–Crippen LogP) is 18.0. The molecule has 6 nitrogen and oxygen atoms in total. The number of unbranched alkanes of at least 4 members (excludes halogenated alkanes) is 39. The summed E-state index contributed by atoms with van der Waals surface area (Å²) in [6.07, 6.45) is 69.0. The number of aliphatic hydroxyl groups excluding tert-OH is 2. The van der Waals surface area contributed by atoms with Crippen LogP contribution in [-0.4, -0.2) is 47.4 Å². The summed E-state index contributed by atoms with van der Waals surface area (Å²) in [7, 11) is 0. The molecule has 0 aromatic carbocycles. The standard InChI is InChI=1S/C60H113NO5/c1-3-5-7-9-11-13-15-34-38-42-46-50-54-60(65)66-55-51-47-43-39-35-31-29-27-25-23-21-19-17-16-18-20-22-24-26-28-30-33-37-41-45-49-53-59(64)61-57(56-62)58(63)52-48-44-40-36-32-14-12-10-8-6-4-2/h11,13,16,18,48,52,57-58,62-63H,3-10,12,14-15,17,19-47,49-51,53-56H2,1-2H3,(H,61,64)/b13-11-,18-16-,52-48+. The highest BCUT2D eigenvalue weighted by Crippen LogP contribution is 2.16. The average Bonchev–Trinajstić information content (AvgIpc) is 3.32. The predicted molar refractivity (Wildman–Crippen MR) is 287 cm³/mol. The Balaban J connectivity index is 3.40. The number of nitrogens with one attached hydrogen (secondary N) is 1. The number of hydrogen-bond donors (Lipinski definition) is 3. The summed E-state index contributed by atoms with van der Waals surface area (Å²) in [6, 6.07) is -0.628. The fourth-order valence-corrected chi connectivity index (χ4v) is 8.86. The molecule has 3 N–H and O–H groups in total. The fourth-order valence-electron chi connectivity index (χ4n) is 8.86. The van der Waals surface area contributed by atoms with E-state index in [0.717, 1.165) is 44.9 Å². The zero-order chi connectivity index (χ0) is 47.9. The number of amides is 1. The van der Waals surface area contributed by atoms with Crippen LogP contribution in [-0.2, 0) is 14.3 Å². The molecule has 2 unspecified atom stereocenters. The van der Waals surface area contributed by atoms with E-state index in [-0.39, 0.29) is 18.5 Å². The number of rotatable bonds is 54. The molecule has 66 heavy (non-hydrogen) atoms. The summed E-state index contributed by atoms with van der Waals surface area (Å²) in [5, 5.41) is 23.0. The van der Waals surface area contributed by atoms with E-state index < -0.39 is 12.1 Å². The Kier molecular flexibility index (Phi) is 54.1. The molecule has 1 amide bonds. The van der Waals surface area contributed by atoms with E-state index in [4.69, 9.17) is 4.74 Å². The monoisotopic (exact) mass is 928 g/mol. The van der Waals surface area contributed by atoms with Crippen molar-refractivity contribution in [3.05, 3.63) is 36.5 Å². The van der Waals surface area contributed by atoms with Crippen molar-refractivity contribution < 1.29 is 24.5 Å². The van der Waals surface area contributed by atoms with Crippen LogP contribution in [0.1, 0.15) is 309 Å². The van der Waals surface area contributed by atoms with Gasteiger partial charge in [-0.25, -0.2) is 0 Å². The molecule has 0 bridgehead atoms. The molecular formula is C60H113NO5. The van der Waals surface area contributed by atoms with E-state index in [9.17, 15) is 19.8 Å². The third-order valence-electron chi connectivity index (χ3n) is 13.4. The molecule has 0 rings (SSSR count). The maximum atomic E-state index is 12.4. The Morgan fingerprint density at radius 1 is 0.409 bits per heavy atom. The van der Waals surface area contributed by atoms with E-state index in [2.05, 4.69) is 43.5 Å². The second-order valence-electron chi connectivity index (χ2n) is 20.0. The molecule has 0 saturated heterocycles. The van der Waals surface area contributed by atoms with Crippen molar-refractivity contribution in [1.29, 1.82) is 0 Å². The van der Waals surface area contributed by atoms with Crippen LogP contribution in [0.3, 0.4) is 0 Å². The highest BCUT2D eigenvalue weighted by Gasteiger charge is 2.18. The third kappa shape index (κ3) is 51.5. The maximum absolute atomic E-state index is 12.4. The number of aliphatic hydroxyl groups is 2. The van der Waals surface area contributed by atoms with Crippen LogP contribution in [0.15, 0.2) is 36.5 Å². The van der Waals surface area contributed by atoms with Gasteiger partial charge in [0.15, 0.2) is 0 Å². The van der Waals surface area contributed by atoms with Crippen molar-refractivity contribution in [3.63, 3.8) is 0 Å². The first kappa shape index (κ1) is 64.1. The van der Waals surface area contributed by atoms with Gasteiger partial charge in [-0.3, -0.25) is 9.59 Å². The van der Waals surface area contributed by atoms with Gasteiger partial charge < -0.3 is 20.3 Å². The summed E-state index contributed by atoms with van der Waals surface area (Å²) in [4.78, 5) is 24.4. The van der Waals surface area contributed by atoms with Gasteiger partial charge in [-0.15, -0.1) is 0 Å². The second-order valence-corrected chi connectivity index (χ2v) is 20.0. The van der Waals surface area contributed by atoms with E-state index in [1.54, 1.807) is 6.08 Å². The van der Waals surface area contributed by atoms with Crippen molar-refractivity contribution >= 4 is 11.9 Å². The molecule has 0 aliphatic carbocycles. The van der Waals surface area contributed by atoms with Crippen LogP contribution in [0.4, 0.5) is 0 Å². The van der Waals surface area contributed by atoms with Crippen molar-refractivity contribution in [3.8, 4) is 0 Å². The maximum Gasteiger partial charge on any atom is 0.305 e. The lowest BCUT2D eigenvalue weighted by molar-refractivity contribution is -0.143. The topological polar surface area (TPSA) is 95.9 Å². The number of hydrogen-bond acceptors (Lipinski definition) is 5. The van der Waals surface area contributed by atoms with Gasteiger partial charge in [0.05, 0.1) is 25.4 Å². The van der Waals surface area contributed by atoms with Crippen molar-refractivity contribution in [2.45, 2.75) is 321 Å². The molecule has 0 aliphatic rings. The number of carbonyl (C=O) groups is 2. The van der Waals surface area contributed by atoms with Gasteiger partial charge in [-0.05, 0) is 83.5 Å². The van der Waals surface area contributed by atoms with Gasteiger partial charge in [0, 0.05) is 12.8 Å². The smallest absolute Gasteiger partial charge is 0.305 e. The summed E-state index contributed by atoms with van der Waals surface area (Å²) in [5.41, 5.74) is 0. The molecule has 0 spiro atoms. The van der Waals surface area contributed by atoms with E-state index in [1.165, 1.54) is 238 Å². The Labute approximate surface area is 411 Å². The molecule has 0 aliphatic heterocycles. The lowest BCUT2D eigenvalue weighted by Gasteiger charge is -2.20. The van der Waals surface area contributed by atoms with Crippen LogP contribution in [0.5, 0.6) is 0 Å². The zero-order valence-electron chi connectivity index (χ0n) is 44.2. The average molecular weight is 929 g/mol. The van der Waals surface area contributed by atoms with Crippen LogP contribution in [0, 0.1) is 0 Å². The molecule has 388 valence electrons. The van der Waals surface area contributed by atoms with Gasteiger partial charge in [0.25, 0.3) is 0 Å². The minimum Gasteiger partial charge on any atom is -0.466 e. The highest BCUT2D eigenvalue weighted by molar-refractivity contribution is 5.76. The first-order valence-corrected chi connectivity index (χ1v) is 29.3. The van der Waals surface area contributed by atoms with Gasteiger partial charge >= 0.3 is 5.97 Å². The molecule has 0 radical (unpaired) electrons. The lowest BCUT2D eigenvalue weighted by Crippen LogP contribution is -2.45. The summed E-state index contributed by atoms with van der Waals surface area (Å²) in [5.74, 6) is -0.0677. The number of allylic oxidation sites excluding steroid dienone is 5. The van der Waals surface area contributed by atoms with E-state index in [0.29, 0.717) is 19.4 Å². The van der Waals surface area contributed by atoms with Gasteiger partial charge in [-0.2, -0.15) is 0 Å². The van der Waals surface area contributed by atoms with Crippen molar-refractivity contribution in [1.82, 2.24) is 5.32 Å². The fraction of sp³-hybridized carbons (Fsp3) is 0.867. The number of ether oxygens (including phenoxy) is 1. The van der Waals surface area contributed by atoms with Crippen LogP contribution in [0.25, 0.3) is 0 Å². The van der Waals surface area contributed by atoms with Crippen LogP contribution in [0.2, 0.25) is 0 Å². The molecular weight excluding hydrogens is 815 g/mol. The molecule has 6 heteroatoms. The van der Waals surface area contributed by atoms with Gasteiger partial charge in [0.1, 0.15) is 0 Å². The molecule has 0 saturated carbocycles. The number of carbonyl (C=O) groups excluding carboxylic acids is 2. The summed E-state index contributed by atoms with van der Waals surface area (Å²) >= 11 is 0. The first-order valence-electron chi connectivity index (χ1n) is 29.3. The Morgan fingerprint density at radius 2 is 0.712 bits per heavy atom. The molecule has 2 atom stereocenters. The third-order valence-corrected chi connectivity index (χ3v) is 13.4. The normalized spacial score (nSPS) is 12.8. The van der Waals surface area contributed by atoms with Gasteiger partial charge in [0.2, 0.25) is 5.91 Å². The Morgan fingerprint density at radius 3 is 1.11 bits per heavy atom. The summed E-state index contributed by atoms with van der Waals surface area (Å²) in [6.45, 7) is 4.87. The Bertz CT molecular complexity index is 1070. The quantitative estimate of drug-likeness (QED) is 0.0321. The van der Waals surface area contributed by atoms with Crippen LogP contribution < -0.4 is 5.32 Å². The molecule has 0 aromatic heterocycles. The minimum absolute atomic E-state index is 0.00337. The van der Waals surface area contributed by atoms with Crippen molar-refractivity contribution in [2.24, 2.45) is 0 Å². The van der Waals surface area contributed by atoms with Gasteiger partial charge in [-0.1, -0.05) is 249 Å². The molecule has 0 heterocycles. The highest BCUT2D eigenvalue weighted by atomic mass is 16.5. The molecule has 0 fully saturated rings. The Hall–Kier alpha value is -1.92. The van der Waals surface area contributed by atoms with Crippen LogP contribution >= 0.6 is 0 Å². The lowest BCUT2D eigenvalue weighted by atomic mass is 10.0. The largest absolute Gasteiger partial charge is 0.466 e. The SMILES string of the molecule is CCCCC/C=C\CCCCCCCC(=O)OCCCCCCCCCCCCCC/C=C\CCCCCCCCCCCCC(=O)NC(CO)C(O)/C=C/CCCCCCCCCCC. The molecule has 0 aromatic rings. The van der Waals surface area contributed by atoms with E-state index in [1.807, 2.05) is 6.08 Å². The minimum atomic E-state index is -0.844. The van der Waals surface area contributed by atoms with Crippen molar-refractivity contribution in [2.75, 3.05) is 13.2 Å². The second kappa shape index (κ2) is 55.7. The first-order chi connectivity index (χ1) is 32.5. The number of esters is 1. The summed E-state index contributed by atoms with van der Waals surface area (Å²) < 4.78 is 5.46. The zero-order valence-corrected chi connectivity index (χ0v) is 44.2. The van der Waals surface area contributed by atoms with E-state index >= 15 is 0 Å².